The van der Waals surface area contributed by atoms with Gasteiger partial charge in [0.25, 0.3) is 0 Å². The van der Waals surface area contributed by atoms with Crippen LogP contribution in [0.15, 0.2) is 16.1 Å². The zero-order valence-corrected chi connectivity index (χ0v) is 6.75. The number of rotatable bonds is 0. The van der Waals surface area contributed by atoms with E-state index >= 15 is 0 Å². The van der Waals surface area contributed by atoms with E-state index in [0.717, 1.165) is 0 Å². The van der Waals surface area contributed by atoms with Gasteiger partial charge in [0.05, 0.1) is 6.34 Å². The number of anilines is 1. The summed E-state index contributed by atoms with van der Waals surface area (Å²) in [5, 5.41) is 2.71. The van der Waals surface area contributed by atoms with E-state index < -0.39 is 5.69 Å². The first-order valence-corrected chi connectivity index (χ1v) is 3.75. The summed E-state index contributed by atoms with van der Waals surface area (Å²) in [4.78, 5) is 29.9. The fraction of sp³-hybridized carbons (Fsp3) is 0. The summed E-state index contributed by atoms with van der Waals surface area (Å²) in [6.45, 7) is 0. The molecule has 0 fully saturated rings. The third kappa shape index (κ3) is 0.815. The second kappa shape index (κ2) is 2.31. The average Bonchev–Trinajstić information content (AvgIpc) is 2.18. The van der Waals surface area contributed by atoms with Crippen molar-refractivity contribution in [3.63, 3.8) is 0 Å². The lowest BCUT2D eigenvalue weighted by molar-refractivity contribution is 0.897. The van der Waals surface area contributed by atoms with E-state index in [2.05, 4.69) is 30.2 Å². The monoisotopic (exact) mass is 189 g/mol. The number of nitrogens with one attached hydrogen (secondary N) is 1. The maximum absolute atomic E-state index is 11.0. The Morgan fingerprint density at radius 1 is 1.29 bits per heavy atom. The molecule has 1 aliphatic rings. The smallest absolute Gasteiger partial charge is 0.316 e. The molecule has 0 radical (unpaired) electrons. The fourth-order valence-corrected chi connectivity index (χ4v) is 1.19. The minimum absolute atomic E-state index is 0.231. The van der Waals surface area contributed by atoms with Crippen LogP contribution < -0.4 is 11.0 Å². The molecule has 68 valence electrons. The Morgan fingerprint density at radius 2 is 2.21 bits per heavy atom. The van der Waals surface area contributed by atoms with Gasteiger partial charge in [0, 0.05) is 0 Å². The van der Waals surface area contributed by atoms with Crippen molar-refractivity contribution in [1.82, 2.24) is 24.3 Å². The summed E-state index contributed by atoms with van der Waals surface area (Å²) in [7, 11) is 0. The standard InChI is InChI=1S/C6H3N7O/c14-6-11-4-9-1-7-3-8-2-10-5(12-6)13(3)4/h1-2H,(H,7,8,9,10,11,12,14). The molecule has 3 rings (SSSR count). The molecule has 14 heavy (non-hydrogen) atoms. The Balaban J connectivity index is 2.59. The Bertz CT molecular complexity index is 601. The third-order valence-corrected chi connectivity index (χ3v) is 1.73. The lowest BCUT2D eigenvalue weighted by Gasteiger charge is -2.10. The van der Waals surface area contributed by atoms with Gasteiger partial charge in [-0.05, 0) is 0 Å². The van der Waals surface area contributed by atoms with Gasteiger partial charge in [-0.2, -0.15) is 9.97 Å². The summed E-state index contributed by atoms with van der Waals surface area (Å²) >= 11 is 0. The Labute approximate surface area is 76.4 Å². The summed E-state index contributed by atoms with van der Waals surface area (Å²) < 4.78 is 1.46. The molecular formula is C6H3N7O. The zero-order valence-electron chi connectivity index (χ0n) is 6.75. The van der Waals surface area contributed by atoms with E-state index in [-0.39, 0.29) is 5.78 Å². The second-order valence-corrected chi connectivity index (χ2v) is 2.54. The molecule has 8 heteroatoms. The predicted molar refractivity (Wildman–Crippen MR) is 46.6 cm³/mol. The van der Waals surface area contributed by atoms with Gasteiger partial charge in [0.15, 0.2) is 0 Å². The molecular weight excluding hydrogens is 186 g/mol. The van der Waals surface area contributed by atoms with Crippen LogP contribution in [-0.4, -0.2) is 30.7 Å². The van der Waals surface area contributed by atoms with Crippen molar-refractivity contribution in [2.45, 2.75) is 0 Å². The lowest BCUT2D eigenvalue weighted by Crippen LogP contribution is -2.21. The van der Waals surface area contributed by atoms with Crippen LogP contribution in [0.5, 0.6) is 0 Å². The van der Waals surface area contributed by atoms with E-state index in [1.165, 1.54) is 17.1 Å². The normalized spacial score (nSPS) is 12.9. The van der Waals surface area contributed by atoms with Crippen LogP contribution in [0, 0.1) is 0 Å². The Hall–Kier alpha value is -2.38. The summed E-state index contributed by atoms with van der Waals surface area (Å²) in [5.41, 5.74) is -0.590. The van der Waals surface area contributed by atoms with Crippen molar-refractivity contribution in [3.05, 3.63) is 16.8 Å². The minimum atomic E-state index is -0.590. The first-order valence-electron chi connectivity index (χ1n) is 3.75. The molecule has 2 aromatic heterocycles. The van der Waals surface area contributed by atoms with E-state index in [1.54, 1.807) is 0 Å². The van der Waals surface area contributed by atoms with Gasteiger partial charge in [0.1, 0.15) is 6.33 Å². The first kappa shape index (κ1) is 7.06. The molecule has 2 aromatic rings. The van der Waals surface area contributed by atoms with Crippen LogP contribution in [0.3, 0.4) is 0 Å². The summed E-state index contributed by atoms with van der Waals surface area (Å²) in [6, 6.07) is 0. The molecule has 1 aliphatic heterocycles. The van der Waals surface area contributed by atoms with Crippen LogP contribution in [-0.2, 0) is 0 Å². The van der Waals surface area contributed by atoms with Gasteiger partial charge in [-0.15, -0.1) is 0 Å². The van der Waals surface area contributed by atoms with Crippen LogP contribution in [0.25, 0.3) is 5.78 Å². The fourth-order valence-electron chi connectivity index (χ4n) is 1.19. The van der Waals surface area contributed by atoms with Crippen LogP contribution >= 0.6 is 0 Å². The Kier molecular flexibility index (Phi) is 1.17. The van der Waals surface area contributed by atoms with Gasteiger partial charge < -0.3 is 5.32 Å². The molecule has 0 atom stereocenters. The topological polar surface area (TPSA) is 97.4 Å². The molecule has 0 unspecified atom stereocenters. The van der Waals surface area contributed by atoms with Crippen molar-refractivity contribution in [2.75, 3.05) is 5.32 Å². The quantitative estimate of drug-likeness (QED) is 0.568. The highest BCUT2D eigenvalue weighted by Crippen LogP contribution is 2.14. The first-order chi connectivity index (χ1) is 6.84. The van der Waals surface area contributed by atoms with E-state index in [4.69, 9.17) is 0 Å². The highest BCUT2D eigenvalue weighted by Gasteiger charge is 2.11. The number of hydrogen-bond donors (Lipinski definition) is 1. The number of aliphatic imine (C=N–C) groups is 1. The van der Waals surface area contributed by atoms with Crippen LogP contribution in [0.1, 0.15) is 0 Å². The molecule has 0 aromatic carbocycles. The van der Waals surface area contributed by atoms with Gasteiger partial charge in [0.2, 0.25) is 17.7 Å². The molecule has 8 nitrogen and oxygen atoms in total. The van der Waals surface area contributed by atoms with Crippen molar-refractivity contribution in [2.24, 2.45) is 4.99 Å². The number of nitrogens with zero attached hydrogens (tertiary/aromatic N) is 6. The average molecular weight is 189 g/mol. The molecule has 0 aliphatic carbocycles. The van der Waals surface area contributed by atoms with Gasteiger partial charge in [-0.25, -0.2) is 24.2 Å². The highest BCUT2D eigenvalue weighted by atomic mass is 16.1. The zero-order chi connectivity index (χ0) is 9.54. The van der Waals surface area contributed by atoms with E-state index in [1.807, 2.05) is 0 Å². The third-order valence-electron chi connectivity index (χ3n) is 1.73. The molecule has 0 saturated carbocycles. The summed E-state index contributed by atoms with van der Waals surface area (Å²) in [6.07, 6.45) is 2.70. The summed E-state index contributed by atoms with van der Waals surface area (Å²) in [5.74, 6) is 0.948. The maximum atomic E-state index is 11.0. The highest BCUT2D eigenvalue weighted by molar-refractivity contribution is 5.77. The lowest BCUT2D eigenvalue weighted by atomic mass is 10.7. The van der Waals surface area contributed by atoms with Gasteiger partial charge in [-0.1, -0.05) is 0 Å². The molecule has 3 heterocycles. The second-order valence-electron chi connectivity index (χ2n) is 2.54. The molecule has 0 saturated heterocycles. The molecule has 0 amide bonds. The van der Waals surface area contributed by atoms with Crippen LogP contribution in [0.4, 0.5) is 11.9 Å². The number of hydrogen-bond acceptors (Lipinski definition) is 7. The van der Waals surface area contributed by atoms with Crippen molar-refractivity contribution < 1.29 is 0 Å². The SMILES string of the molecule is O=c1nc2n3c(ncnc3n1)N=CN2. The molecule has 0 bridgehead atoms. The minimum Gasteiger partial charge on any atom is -0.316 e. The van der Waals surface area contributed by atoms with Crippen molar-refractivity contribution >= 4 is 24.0 Å². The van der Waals surface area contributed by atoms with Crippen molar-refractivity contribution in [3.8, 4) is 0 Å². The van der Waals surface area contributed by atoms with Crippen molar-refractivity contribution in [1.29, 1.82) is 0 Å². The molecule has 1 N–H and O–H groups in total. The van der Waals surface area contributed by atoms with Gasteiger partial charge in [-0.3, -0.25) is 0 Å². The Morgan fingerprint density at radius 3 is 3.14 bits per heavy atom. The maximum Gasteiger partial charge on any atom is 0.373 e. The largest absolute Gasteiger partial charge is 0.373 e. The molecule has 0 spiro atoms. The van der Waals surface area contributed by atoms with Gasteiger partial charge >= 0.3 is 5.69 Å². The van der Waals surface area contributed by atoms with E-state index in [0.29, 0.717) is 11.9 Å². The number of aromatic nitrogens is 5. The van der Waals surface area contributed by atoms with E-state index in [9.17, 15) is 4.79 Å². The van der Waals surface area contributed by atoms with Crippen LogP contribution in [0.2, 0.25) is 0 Å². The predicted octanol–water partition coefficient (Wildman–Crippen LogP) is -1.04.